The Kier molecular flexibility index (Phi) is 8.24. The van der Waals surface area contributed by atoms with Gasteiger partial charge in [0.25, 0.3) is 0 Å². The van der Waals surface area contributed by atoms with Crippen molar-refractivity contribution in [1.82, 2.24) is 0 Å². The summed E-state index contributed by atoms with van der Waals surface area (Å²) in [5.74, 6) is 0.799. The fourth-order valence-corrected chi connectivity index (χ4v) is 3.19. The van der Waals surface area contributed by atoms with E-state index in [1.54, 1.807) is 0 Å². The first-order valence-corrected chi connectivity index (χ1v) is 7.79. The van der Waals surface area contributed by atoms with Gasteiger partial charge in [0.05, 0.1) is 6.61 Å². The molecule has 0 spiro atoms. The van der Waals surface area contributed by atoms with Crippen LogP contribution in [-0.4, -0.2) is 69.2 Å². The molecule has 0 aromatic carbocycles. The minimum atomic E-state index is -1.28. The molecule has 1 aliphatic rings. The van der Waals surface area contributed by atoms with Crippen molar-refractivity contribution in [2.45, 2.75) is 55.5 Å². The van der Waals surface area contributed by atoms with Crippen LogP contribution in [-0.2, 0) is 4.74 Å². The second kappa shape index (κ2) is 9.12. The van der Waals surface area contributed by atoms with Crippen molar-refractivity contribution in [1.29, 1.82) is 0 Å². The third-order valence-electron chi connectivity index (χ3n) is 3.23. The van der Waals surface area contributed by atoms with E-state index in [1.165, 1.54) is 11.8 Å². The minimum absolute atomic E-state index is 0.376. The highest BCUT2D eigenvalue weighted by Crippen LogP contribution is 2.29. The fourth-order valence-electron chi connectivity index (χ4n) is 2.00. The Hall–Kier alpha value is 0.110. The molecule has 0 aromatic rings. The fraction of sp³-hybridized carbons (Fsp3) is 1.00. The predicted octanol–water partition coefficient (Wildman–Crippen LogP) is -0.961. The number of aliphatic hydroxyl groups excluding tert-OH is 4. The molecule has 114 valence electrons. The zero-order chi connectivity index (χ0) is 14.3. The Labute approximate surface area is 118 Å². The number of thioether (sulfide) groups is 1. The van der Waals surface area contributed by atoms with E-state index in [0.29, 0.717) is 6.54 Å². The van der Waals surface area contributed by atoms with Crippen molar-refractivity contribution in [3.63, 3.8) is 0 Å². The van der Waals surface area contributed by atoms with Gasteiger partial charge in [-0.3, -0.25) is 0 Å². The van der Waals surface area contributed by atoms with E-state index in [9.17, 15) is 15.3 Å². The Balaban J connectivity index is 2.28. The molecule has 0 bridgehead atoms. The van der Waals surface area contributed by atoms with Gasteiger partial charge in [-0.15, -0.1) is 11.8 Å². The maximum absolute atomic E-state index is 9.81. The van der Waals surface area contributed by atoms with E-state index < -0.39 is 29.9 Å². The highest BCUT2D eigenvalue weighted by atomic mass is 32.2. The van der Waals surface area contributed by atoms with Gasteiger partial charge < -0.3 is 30.9 Å². The van der Waals surface area contributed by atoms with Gasteiger partial charge in [0.15, 0.2) is 0 Å². The summed E-state index contributed by atoms with van der Waals surface area (Å²) < 4.78 is 5.39. The number of unbranched alkanes of at least 4 members (excludes halogenated alkanes) is 3. The van der Waals surface area contributed by atoms with Gasteiger partial charge in [-0.2, -0.15) is 0 Å². The molecule has 7 heteroatoms. The quantitative estimate of drug-likeness (QED) is 0.366. The first-order valence-electron chi connectivity index (χ1n) is 6.74. The maximum atomic E-state index is 9.81. The average molecular weight is 295 g/mol. The Bertz CT molecular complexity index is 244. The highest BCUT2D eigenvalue weighted by molar-refractivity contribution is 7.99. The first kappa shape index (κ1) is 17.2. The molecule has 19 heavy (non-hydrogen) atoms. The van der Waals surface area contributed by atoms with Crippen LogP contribution >= 0.6 is 11.8 Å². The second-order valence-electron chi connectivity index (χ2n) is 4.77. The van der Waals surface area contributed by atoms with Gasteiger partial charge in [-0.25, -0.2) is 0 Å². The smallest absolute Gasteiger partial charge is 0.132 e. The zero-order valence-electron chi connectivity index (χ0n) is 11.0. The molecule has 0 aliphatic carbocycles. The first-order chi connectivity index (χ1) is 9.11. The Morgan fingerprint density at radius 1 is 0.947 bits per heavy atom. The summed E-state index contributed by atoms with van der Waals surface area (Å²) >= 11 is 1.40. The van der Waals surface area contributed by atoms with Crippen LogP contribution in [0.25, 0.3) is 0 Å². The van der Waals surface area contributed by atoms with Crippen LogP contribution in [0.2, 0.25) is 0 Å². The summed E-state index contributed by atoms with van der Waals surface area (Å²) in [7, 11) is 0. The van der Waals surface area contributed by atoms with Gasteiger partial charge >= 0.3 is 0 Å². The van der Waals surface area contributed by atoms with Crippen molar-refractivity contribution in [3.05, 3.63) is 0 Å². The molecular formula is C12H25NO5S. The molecule has 6 N–H and O–H groups in total. The van der Waals surface area contributed by atoms with Crippen LogP contribution in [0.3, 0.4) is 0 Å². The van der Waals surface area contributed by atoms with Crippen molar-refractivity contribution in [2.75, 3.05) is 18.9 Å². The monoisotopic (exact) mass is 295 g/mol. The van der Waals surface area contributed by atoms with Crippen molar-refractivity contribution < 1.29 is 25.2 Å². The number of hydrogen-bond acceptors (Lipinski definition) is 7. The van der Waals surface area contributed by atoms with E-state index in [-0.39, 0.29) is 6.61 Å². The molecule has 0 unspecified atom stereocenters. The largest absolute Gasteiger partial charge is 0.394 e. The van der Waals surface area contributed by atoms with Gasteiger partial charge in [0.2, 0.25) is 0 Å². The van der Waals surface area contributed by atoms with Crippen LogP contribution in [0.1, 0.15) is 25.7 Å². The molecule has 1 saturated heterocycles. The summed E-state index contributed by atoms with van der Waals surface area (Å²) in [4.78, 5) is 0. The Morgan fingerprint density at radius 3 is 2.26 bits per heavy atom. The molecule has 1 rings (SSSR count). The topological polar surface area (TPSA) is 116 Å². The Morgan fingerprint density at radius 2 is 1.63 bits per heavy atom. The normalized spacial score (nSPS) is 35.5. The van der Waals surface area contributed by atoms with E-state index in [4.69, 9.17) is 15.6 Å². The summed E-state index contributed by atoms with van der Waals surface area (Å²) in [5, 5.41) is 38.1. The van der Waals surface area contributed by atoms with Crippen molar-refractivity contribution >= 4 is 11.8 Å². The van der Waals surface area contributed by atoms with E-state index in [0.717, 1.165) is 31.4 Å². The number of ether oxygens (including phenoxy) is 1. The van der Waals surface area contributed by atoms with E-state index >= 15 is 0 Å². The molecule has 5 atom stereocenters. The van der Waals surface area contributed by atoms with Gasteiger partial charge in [0.1, 0.15) is 29.9 Å². The van der Waals surface area contributed by atoms with Crippen LogP contribution in [0.15, 0.2) is 0 Å². The van der Waals surface area contributed by atoms with Crippen LogP contribution in [0, 0.1) is 0 Å². The number of rotatable bonds is 8. The number of nitrogens with two attached hydrogens (primary N) is 1. The molecular weight excluding hydrogens is 270 g/mol. The molecule has 1 heterocycles. The third-order valence-corrected chi connectivity index (χ3v) is 4.47. The molecule has 0 radical (unpaired) electrons. The second-order valence-corrected chi connectivity index (χ2v) is 5.98. The van der Waals surface area contributed by atoms with Crippen molar-refractivity contribution in [2.24, 2.45) is 5.73 Å². The average Bonchev–Trinajstić information content (AvgIpc) is 2.42. The lowest BCUT2D eigenvalue weighted by Gasteiger charge is -2.39. The molecule has 0 amide bonds. The molecule has 0 aromatic heterocycles. The summed E-state index contributed by atoms with van der Waals surface area (Å²) in [6.07, 6.45) is -0.334. The van der Waals surface area contributed by atoms with E-state index in [2.05, 4.69) is 0 Å². The van der Waals surface area contributed by atoms with Crippen LogP contribution in [0.4, 0.5) is 0 Å². The summed E-state index contributed by atoms with van der Waals surface area (Å²) in [6, 6.07) is 0. The lowest BCUT2D eigenvalue weighted by Crippen LogP contribution is -2.57. The molecule has 6 nitrogen and oxygen atoms in total. The zero-order valence-corrected chi connectivity index (χ0v) is 11.8. The van der Waals surface area contributed by atoms with Crippen molar-refractivity contribution in [3.8, 4) is 0 Å². The van der Waals surface area contributed by atoms with Gasteiger partial charge in [-0.05, 0) is 25.1 Å². The van der Waals surface area contributed by atoms with Gasteiger partial charge in [-0.1, -0.05) is 12.8 Å². The van der Waals surface area contributed by atoms with Gasteiger partial charge in [0, 0.05) is 0 Å². The number of aliphatic hydroxyl groups is 4. The minimum Gasteiger partial charge on any atom is -0.394 e. The lowest BCUT2D eigenvalue weighted by molar-refractivity contribution is -0.205. The third kappa shape index (κ3) is 5.18. The highest BCUT2D eigenvalue weighted by Gasteiger charge is 2.43. The number of hydrogen-bond donors (Lipinski definition) is 5. The SMILES string of the molecule is NCCCCCCS[C@H]1O[C@H](CO)[C@@H](O)[C@H](O)[C@@H]1O. The van der Waals surface area contributed by atoms with Crippen LogP contribution in [0.5, 0.6) is 0 Å². The van der Waals surface area contributed by atoms with Crippen LogP contribution < -0.4 is 5.73 Å². The predicted molar refractivity (Wildman–Crippen MR) is 73.7 cm³/mol. The summed E-state index contributed by atoms with van der Waals surface area (Å²) in [5.41, 5.74) is 4.80. The lowest BCUT2D eigenvalue weighted by atomic mass is 10.0. The standard InChI is InChI=1S/C12H25NO5S/c13-5-3-1-2-4-6-19-12-11(17)10(16)9(15)8(7-14)18-12/h8-12,14-17H,1-7,13H2/t8-,9-,10+,11+,12-/m1/s1. The van der Waals surface area contributed by atoms with E-state index in [1.807, 2.05) is 0 Å². The molecule has 1 aliphatic heterocycles. The maximum Gasteiger partial charge on any atom is 0.132 e. The molecule has 0 saturated carbocycles. The molecule has 1 fully saturated rings. The summed E-state index contributed by atoms with van der Waals surface area (Å²) in [6.45, 7) is 0.332.